The maximum Gasteiger partial charge on any atom is 0.160 e. The highest BCUT2D eigenvalue weighted by Crippen LogP contribution is 2.22. The molecule has 1 aliphatic rings. The Bertz CT molecular complexity index is 336. The van der Waals surface area contributed by atoms with Gasteiger partial charge in [-0.15, -0.1) is 0 Å². The number of nitrogens with one attached hydrogen (secondary N) is 1. The third kappa shape index (κ3) is 4.94. The summed E-state index contributed by atoms with van der Waals surface area (Å²) in [6.45, 7) is 5.74. The molecule has 0 aliphatic carbocycles. The summed E-state index contributed by atoms with van der Waals surface area (Å²) in [7, 11) is 0. The molecule has 19 heavy (non-hydrogen) atoms. The molecule has 1 fully saturated rings. The van der Waals surface area contributed by atoms with Gasteiger partial charge in [0.15, 0.2) is 6.29 Å². The van der Waals surface area contributed by atoms with Gasteiger partial charge < -0.3 is 14.8 Å². The smallest absolute Gasteiger partial charge is 0.160 e. The molecule has 1 aromatic carbocycles. The standard InChI is InChI=1S/C16H25NO2/c1-2-15(16-18-11-12-19-16)9-6-10-17-13-14-7-4-3-5-8-14/h3-5,7-8,15-17H,2,6,9-13H2,1H3. The van der Waals surface area contributed by atoms with Crippen molar-refractivity contribution in [1.29, 1.82) is 0 Å². The van der Waals surface area contributed by atoms with Gasteiger partial charge in [0.25, 0.3) is 0 Å². The van der Waals surface area contributed by atoms with Crippen molar-refractivity contribution in [3.05, 3.63) is 35.9 Å². The molecule has 0 bridgehead atoms. The lowest BCUT2D eigenvalue weighted by atomic mass is 9.99. The van der Waals surface area contributed by atoms with Crippen LogP contribution in [-0.2, 0) is 16.0 Å². The highest BCUT2D eigenvalue weighted by molar-refractivity contribution is 5.14. The molecule has 3 nitrogen and oxygen atoms in total. The Morgan fingerprint density at radius 1 is 1.21 bits per heavy atom. The summed E-state index contributed by atoms with van der Waals surface area (Å²) in [5, 5.41) is 3.49. The quantitative estimate of drug-likeness (QED) is 0.731. The Kier molecular flexibility index (Phi) is 6.34. The topological polar surface area (TPSA) is 30.5 Å². The first kappa shape index (κ1) is 14.5. The lowest BCUT2D eigenvalue weighted by Gasteiger charge is -2.20. The first-order valence-electron chi connectivity index (χ1n) is 7.38. The number of hydrogen-bond acceptors (Lipinski definition) is 3. The summed E-state index contributed by atoms with van der Waals surface area (Å²) in [4.78, 5) is 0. The van der Waals surface area contributed by atoms with Gasteiger partial charge in [-0.25, -0.2) is 0 Å². The van der Waals surface area contributed by atoms with Gasteiger partial charge in [0.1, 0.15) is 0 Å². The zero-order valence-electron chi connectivity index (χ0n) is 11.8. The van der Waals surface area contributed by atoms with Crippen molar-refractivity contribution in [3.63, 3.8) is 0 Å². The Balaban J connectivity index is 1.58. The van der Waals surface area contributed by atoms with Gasteiger partial charge in [-0.3, -0.25) is 0 Å². The third-order valence-electron chi connectivity index (χ3n) is 3.66. The van der Waals surface area contributed by atoms with Crippen LogP contribution in [0.4, 0.5) is 0 Å². The normalized spacial score (nSPS) is 17.7. The number of hydrogen-bond donors (Lipinski definition) is 1. The van der Waals surface area contributed by atoms with Crippen LogP contribution in [0.25, 0.3) is 0 Å². The molecule has 1 aromatic rings. The molecule has 1 saturated heterocycles. The van der Waals surface area contributed by atoms with Crippen molar-refractivity contribution < 1.29 is 9.47 Å². The zero-order chi connectivity index (χ0) is 13.3. The van der Waals surface area contributed by atoms with E-state index in [-0.39, 0.29) is 6.29 Å². The van der Waals surface area contributed by atoms with E-state index in [1.165, 1.54) is 18.4 Å². The number of rotatable bonds is 8. The first-order chi connectivity index (χ1) is 9.40. The van der Waals surface area contributed by atoms with E-state index in [0.717, 1.165) is 32.7 Å². The molecular weight excluding hydrogens is 238 g/mol. The summed E-state index contributed by atoms with van der Waals surface area (Å²) in [6, 6.07) is 10.5. The van der Waals surface area contributed by atoms with Crippen LogP contribution in [0.5, 0.6) is 0 Å². The van der Waals surface area contributed by atoms with Crippen LogP contribution in [0, 0.1) is 5.92 Å². The summed E-state index contributed by atoms with van der Waals surface area (Å²) >= 11 is 0. The van der Waals surface area contributed by atoms with Gasteiger partial charge in [0.05, 0.1) is 13.2 Å². The summed E-state index contributed by atoms with van der Waals surface area (Å²) < 4.78 is 11.2. The van der Waals surface area contributed by atoms with Crippen LogP contribution >= 0.6 is 0 Å². The van der Waals surface area contributed by atoms with Gasteiger partial charge in [-0.05, 0) is 31.4 Å². The highest BCUT2D eigenvalue weighted by atomic mass is 16.7. The maximum absolute atomic E-state index is 5.59. The van der Waals surface area contributed by atoms with E-state index >= 15 is 0 Å². The monoisotopic (exact) mass is 263 g/mol. The SMILES string of the molecule is CCC(CCCNCc1ccccc1)C1OCCO1. The maximum atomic E-state index is 5.59. The lowest BCUT2D eigenvalue weighted by Crippen LogP contribution is -2.23. The third-order valence-corrected chi connectivity index (χ3v) is 3.66. The average molecular weight is 263 g/mol. The molecular formula is C16H25NO2. The van der Waals surface area contributed by atoms with E-state index in [1.54, 1.807) is 0 Å². The van der Waals surface area contributed by atoms with Crippen LogP contribution in [0.3, 0.4) is 0 Å². The molecule has 0 saturated carbocycles. The molecule has 0 spiro atoms. The molecule has 0 radical (unpaired) electrons. The predicted octanol–water partition coefficient (Wildman–Crippen LogP) is 2.96. The summed E-state index contributed by atoms with van der Waals surface area (Å²) in [5.74, 6) is 0.543. The molecule has 0 amide bonds. The zero-order valence-corrected chi connectivity index (χ0v) is 11.8. The van der Waals surface area contributed by atoms with Crippen LogP contribution in [-0.4, -0.2) is 26.0 Å². The van der Waals surface area contributed by atoms with Gasteiger partial charge in [0.2, 0.25) is 0 Å². The van der Waals surface area contributed by atoms with E-state index in [9.17, 15) is 0 Å². The molecule has 1 N–H and O–H groups in total. The summed E-state index contributed by atoms with van der Waals surface area (Å²) in [5.41, 5.74) is 1.34. The van der Waals surface area contributed by atoms with Gasteiger partial charge in [-0.1, -0.05) is 37.3 Å². The number of ether oxygens (including phenoxy) is 2. The van der Waals surface area contributed by atoms with Crippen molar-refractivity contribution >= 4 is 0 Å². The minimum Gasteiger partial charge on any atom is -0.350 e. The second-order valence-corrected chi connectivity index (χ2v) is 5.08. The Labute approximate surface area is 116 Å². The minimum absolute atomic E-state index is 0.0409. The van der Waals surface area contributed by atoms with Crippen molar-refractivity contribution in [2.45, 2.75) is 39.0 Å². The van der Waals surface area contributed by atoms with Gasteiger partial charge in [-0.2, -0.15) is 0 Å². The molecule has 106 valence electrons. The second kappa shape index (κ2) is 8.31. The van der Waals surface area contributed by atoms with E-state index in [4.69, 9.17) is 9.47 Å². The molecule has 1 aliphatic heterocycles. The molecule has 1 heterocycles. The fraction of sp³-hybridized carbons (Fsp3) is 0.625. The minimum atomic E-state index is 0.0409. The van der Waals surface area contributed by atoms with E-state index in [0.29, 0.717) is 5.92 Å². The molecule has 3 heteroatoms. The Morgan fingerprint density at radius 3 is 2.63 bits per heavy atom. The highest BCUT2D eigenvalue weighted by Gasteiger charge is 2.24. The molecule has 0 aromatic heterocycles. The van der Waals surface area contributed by atoms with Crippen LogP contribution in [0.1, 0.15) is 31.7 Å². The fourth-order valence-corrected chi connectivity index (χ4v) is 2.50. The van der Waals surface area contributed by atoms with Gasteiger partial charge >= 0.3 is 0 Å². The van der Waals surface area contributed by atoms with Crippen molar-refractivity contribution in [3.8, 4) is 0 Å². The Hall–Kier alpha value is -0.900. The van der Waals surface area contributed by atoms with Crippen LogP contribution in [0.15, 0.2) is 30.3 Å². The van der Waals surface area contributed by atoms with Crippen LogP contribution in [0.2, 0.25) is 0 Å². The van der Waals surface area contributed by atoms with Gasteiger partial charge in [0, 0.05) is 12.5 Å². The molecule has 1 atom stereocenters. The molecule has 2 rings (SSSR count). The second-order valence-electron chi connectivity index (χ2n) is 5.08. The van der Waals surface area contributed by atoms with Crippen molar-refractivity contribution in [2.75, 3.05) is 19.8 Å². The Morgan fingerprint density at radius 2 is 1.95 bits per heavy atom. The predicted molar refractivity (Wildman–Crippen MR) is 76.9 cm³/mol. The van der Waals surface area contributed by atoms with Crippen molar-refractivity contribution in [2.24, 2.45) is 5.92 Å². The van der Waals surface area contributed by atoms with Crippen LogP contribution < -0.4 is 5.32 Å². The fourth-order valence-electron chi connectivity index (χ4n) is 2.50. The van der Waals surface area contributed by atoms with E-state index in [1.807, 2.05) is 0 Å². The largest absolute Gasteiger partial charge is 0.350 e. The van der Waals surface area contributed by atoms with E-state index < -0.39 is 0 Å². The average Bonchev–Trinajstić information content (AvgIpc) is 2.98. The summed E-state index contributed by atoms with van der Waals surface area (Å²) in [6.07, 6.45) is 3.51. The number of benzene rings is 1. The lowest BCUT2D eigenvalue weighted by molar-refractivity contribution is -0.0866. The van der Waals surface area contributed by atoms with E-state index in [2.05, 4.69) is 42.6 Å². The van der Waals surface area contributed by atoms with Crippen molar-refractivity contribution in [1.82, 2.24) is 5.32 Å². The molecule has 1 unspecified atom stereocenters. The first-order valence-corrected chi connectivity index (χ1v) is 7.38.